The molecule has 3 atom stereocenters. The van der Waals surface area contributed by atoms with Gasteiger partial charge in [-0.2, -0.15) is 0 Å². The Labute approximate surface area is 293 Å². The summed E-state index contributed by atoms with van der Waals surface area (Å²) in [5, 5.41) is 0. The molecule has 4 aromatic carbocycles. The van der Waals surface area contributed by atoms with Crippen molar-refractivity contribution in [3.8, 4) is 0 Å². The summed E-state index contributed by atoms with van der Waals surface area (Å²) in [6.45, 7) is 2.20. The molecule has 1 aliphatic heterocycles. The van der Waals surface area contributed by atoms with Crippen LogP contribution in [0.5, 0.6) is 0 Å². The molecule has 5 rings (SSSR count). The highest BCUT2D eigenvalue weighted by Crippen LogP contribution is 2.51. The summed E-state index contributed by atoms with van der Waals surface area (Å²) in [5.74, 6) is -0.352. The van der Waals surface area contributed by atoms with Crippen LogP contribution in [-0.2, 0) is 34.8 Å². The van der Waals surface area contributed by atoms with E-state index in [1.165, 1.54) is 0 Å². The Morgan fingerprint density at radius 1 is 0.714 bits per heavy atom. The average molecular weight is 660 g/mol. The van der Waals surface area contributed by atoms with Gasteiger partial charge in [-0.25, -0.2) is 0 Å². The third-order valence-corrected chi connectivity index (χ3v) is 9.71. The van der Waals surface area contributed by atoms with Crippen molar-refractivity contribution in [2.75, 3.05) is 28.3 Å². The Kier molecular flexibility index (Phi) is 12.6. The number of methoxy groups -OCH3 is 2. The smallest absolute Gasteiger partial charge is 0.401 e. The second-order valence-electron chi connectivity index (χ2n) is 12.9. The van der Waals surface area contributed by atoms with E-state index in [9.17, 15) is 4.79 Å². The average Bonchev–Trinajstić information content (AvgIpc) is 3.60. The molecule has 0 bridgehead atoms. The van der Waals surface area contributed by atoms with Crippen LogP contribution in [-0.4, -0.2) is 58.4 Å². The molecule has 1 amide bonds. The minimum absolute atomic E-state index is 0.00338. The van der Waals surface area contributed by atoms with Gasteiger partial charge in [-0.3, -0.25) is 4.79 Å². The van der Waals surface area contributed by atoms with Crippen molar-refractivity contribution in [1.82, 2.24) is 4.90 Å². The molecule has 1 fully saturated rings. The molecule has 0 aliphatic carbocycles. The fourth-order valence-corrected chi connectivity index (χ4v) is 7.14. The summed E-state index contributed by atoms with van der Waals surface area (Å²) in [4.78, 5) is 15.0. The molecule has 0 spiro atoms. The molecule has 0 N–H and O–H groups in total. The van der Waals surface area contributed by atoms with E-state index in [4.69, 9.17) is 18.8 Å². The predicted octanol–water partition coefficient (Wildman–Crippen LogP) is 8.42. The van der Waals surface area contributed by atoms with Crippen molar-refractivity contribution >= 4 is 13.0 Å². The highest BCUT2D eigenvalue weighted by Gasteiger charge is 2.62. The van der Waals surface area contributed by atoms with Crippen molar-refractivity contribution < 1.29 is 23.6 Å². The van der Waals surface area contributed by atoms with Crippen LogP contribution in [0.1, 0.15) is 61.3 Å². The van der Waals surface area contributed by atoms with E-state index in [-0.39, 0.29) is 18.1 Å². The van der Waals surface area contributed by atoms with E-state index in [1.807, 2.05) is 72.8 Å². The second kappa shape index (κ2) is 17.1. The number of allylic oxidation sites excluding steroid dienone is 2. The molecule has 0 saturated carbocycles. The normalized spacial score (nSPS) is 17.4. The first-order valence-corrected chi connectivity index (χ1v) is 17.4. The topological polar surface area (TPSA) is 57.2 Å². The molecule has 0 unspecified atom stereocenters. The third-order valence-electron chi connectivity index (χ3n) is 9.71. The maximum absolute atomic E-state index is 13.3. The number of carbonyl (C=O) groups excluding carboxylic acids is 1. The van der Waals surface area contributed by atoms with Crippen LogP contribution < -0.4 is 0 Å². The minimum Gasteiger partial charge on any atom is -0.401 e. The predicted molar refractivity (Wildman–Crippen MR) is 197 cm³/mol. The van der Waals surface area contributed by atoms with Crippen LogP contribution in [0.3, 0.4) is 0 Å². The quantitative estimate of drug-likeness (QED) is 0.0687. The standard InChI is InChI=1S/C42H50BNO5/c1-6-7-8-9-22-31-37(32-38(45)44(2)3)43-48-39(41(46-4,33-23-14-10-15-24-33)34-25-16-11-17-26-34)40(49-43)42(47-5,35-27-18-12-19-28-35)36-29-20-13-21-30-36/h10-31,37,39-40H,6-9,32H2,1-5H3/b31-22+/t37-,39-,40-/m1/s1. The number of carbonyl (C=O) groups is 1. The monoisotopic (exact) mass is 659 g/mol. The van der Waals surface area contributed by atoms with Crippen LogP contribution in [0.15, 0.2) is 133 Å². The van der Waals surface area contributed by atoms with Crippen LogP contribution >= 0.6 is 0 Å². The van der Waals surface area contributed by atoms with Gasteiger partial charge in [0, 0.05) is 40.6 Å². The van der Waals surface area contributed by atoms with Gasteiger partial charge < -0.3 is 23.7 Å². The Hall–Kier alpha value is -4.01. The molecule has 0 aromatic heterocycles. The number of unbranched alkanes of at least 4 members (excludes halogenated alkanes) is 3. The first-order valence-electron chi connectivity index (χ1n) is 17.4. The summed E-state index contributed by atoms with van der Waals surface area (Å²) in [6, 6.07) is 40.7. The van der Waals surface area contributed by atoms with Crippen LogP contribution in [0.4, 0.5) is 0 Å². The summed E-state index contributed by atoms with van der Waals surface area (Å²) in [7, 11) is 6.26. The number of ether oxygens (including phenoxy) is 2. The van der Waals surface area contributed by atoms with E-state index in [0.29, 0.717) is 0 Å². The maximum Gasteiger partial charge on any atom is 0.465 e. The lowest BCUT2D eigenvalue weighted by Crippen LogP contribution is -2.56. The fraction of sp³-hybridized carbons (Fsp3) is 0.357. The van der Waals surface area contributed by atoms with Crippen molar-refractivity contribution in [2.24, 2.45) is 0 Å². The number of benzene rings is 4. The SMILES string of the molecule is CCCCC/C=C/[C@H](CC(=O)N(C)C)B1O[C@@H](C(OC)(c2ccccc2)c2ccccc2)[C@H](C(OC)(c2ccccc2)c2ccccc2)O1. The Balaban J connectivity index is 1.75. The van der Waals surface area contributed by atoms with Gasteiger partial charge in [0.05, 0.1) is 0 Å². The van der Waals surface area contributed by atoms with Gasteiger partial charge in [0.2, 0.25) is 5.91 Å². The van der Waals surface area contributed by atoms with Crippen molar-refractivity contribution in [3.05, 3.63) is 156 Å². The zero-order valence-corrected chi connectivity index (χ0v) is 29.5. The summed E-state index contributed by atoms with van der Waals surface area (Å²) < 4.78 is 28.0. The molecule has 6 nitrogen and oxygen atoms in total. The maximum atomic E-state index is 13.3. The number of amides is 1. The molecule has 7 heteroatoms. The molecular formula is C42H50BNO5. The van der Waals surface area contributed by atoms with Gasteiger partial charge in [0.25, 0.3) is 0 Å². The van der Waals surface area contributed by atoms with E-state index in [1.54, 1.807) is 33.2 Å². The van der Waals surface area contributed by atoms with Gasteiger partial charge >= 0.3 is 7.12 Å². The first-order chi connectivity index (χ1) is 23.9. The van der Waals surface area contributed by atoms with E-state index in [2.05, 4.69) is 67.6 Å². The van der Waals surface area contributed by atoms with Crippen LogP contribution in [0, 0.1) is 0 Å². The van der Waals surface area contributed by atoms with E-state index < -0.39 is 30.5 Å². The summed E-state index contributed by atoms with van der Waals surface area (Å²) >= 11 is 0. The number of rotatable bonds is 16. The molecule has 4 aromatic rings. The second-order valence-corrected chi connectivity index (χ2v) is 12.9. The van der Waals surface area contributed by atoms with Gasteiger partial charge in [-0.05, 0) is 35.1 Å². The number of hydrogen-bond acceptors (Lipinski definition) is 5. The van der Waals surface area contributed by atoms with E-state index >= 15 is 0 Å². The molecule has 256 valence electrons. The third kappa shape index (κ3) is 7.61. The molecule has 49 heavy (non-hydrogen) atoms. The lowest BCUT2D eigenvalue weighted by Gasteiger charge is -2.47. The largest absolute Gasteiger partial charge is 0.465 e. The van der Waals surface area contributed by atoms with Crippen molar-refractivity contribution in [1.29, 1.82) is 0 Å². The van der Waals surface area contributed by atoms with Gasteiger partial charge in [-0.1, -0.05) is 153 Å². The Bertz CT molecular complexity index is 1420. The highest BCUT2D eigenvalue weighted by atomic mass is 16.7. The molecule has 1 saturated heterocycles. The van der Waals surface area contributed by atoms with Gasteiger partial charge in [0.15, 0.2) is 0 Å². The lowest BCUT2D eigenvalue weighted by atomic mass is 9.69. The van der Waals surface area contributed by atoms with Crippen LogP contribution in [0.25, 0.3) is 0 Å². The first kappa shape index (κ1) is 36.3. The molecular weight excluding hydrogens is 609 g/mol. The van der Waals surface area contributed by atoms with Crippen LogP contribution in [0.2, 0.25) is 5.82 Å². The Morgan fingerprint density at radius 2 is 1.10 bits per heavy atom. The fourth-order valence-electron chi connectivity index (χ4n) is 7.14. The molecule has 1 heterocycles. The van der Waals surface area contributed by atoms with Gasteiger partial charge in [-0.15, -0.1) is 0 Å². The number of hydrogen-bond donors (Lipinski definition) is 0. The van der Waals surface area contributed by atoms with Crippen molar-refractivity contribution in [2.45, 2.75) is 68.3 Å². The number of nitrogens with zero attached hydrogens (tertiary/aromatic N) is 1. The van der Waals surface area contributed by atoms with Gasteiger partial charge in [0.1, 0.15) is 23.4 Å². The van der Waals surface area contributed by atoms with E-state index in [0.717, 1.165) is 47.9 Å². The molecule has 1 aliphatic rings. The Morgan fingerprint density at radius 3 is 1.43 bits per heavy atom. The lowest BCUT2D eigenvalue weighted by molar-refractivity contribution is -0.136. The zero-order chi connectivity index (χ0) is 34.7. The summed E-state index contributed by atoms with van der Waals surface area (Å²) in [6.07, 6.45) is 7.38. The molecule has 0 radical (unpaired) electrons. The van der Waals surface area contributed by atoms with Crippen molar-refractivity contribution in [3.63, 3.8) is 0 Å². The minimum atomic E-state index is -1.11. The highest BCUT2D eigenvalue weighted by molar-refractivity contribution is 6.48. The summed E-state index contributed by atoms with van der Waals surface area (Å²) in [5.41, 5.74) is 1.46. The zero-order valence-electron chi connectivity index (χ0n) is 29.5.